The minimum absolute atomic E-state index is 0.146. The van der Waals surface area contributed by atoms with Crippen LogP contribution in [0.15, 0.2) is 12.1 Å². The number of rotatable bonds is 5. The summed E-state index contributed by atoms with van der Waals surface area (Å²) in [6.45, 7) is 3.07. The number of anilines is 3. The lowest BCUT2D eigenvalue weighted by Gasteiger charge is -2.37. The highest BCUT2D eigenvalue weighted by molar-refractivity contribution is 6.20. The van der Waals surface area contributed by atoms with Gasteiger partial charge in [-0.15, -0.1) is 11.6 Å². The van der Waals surface area contributed by atoms with Gasteiger partial charge in [0.05, 0.1) is 30.8 Å². The highest BCUT2D eigenvalue weighted by Gasteiger charge is 2.24. The standard InChI is InChI=1S/C18H30ClN5O2/c1-23(2)12-4-6-24(7-5-12)15-9-16(25-3)14(8-13(15)20)22-18-10-21-17(19)11-26-18/h8-9,12,17-18,21-22H,4-7,10-11,20H2,1-3H3. The number of nitrogens with two attached hydrogens (primary N) is 1. The quantitative estimate of drug-likeness (QED) is 0.406. The summed E-state index contributed by atoms with van der Waals surface area (Å²) in [6, 6.07) is 4.59. The van der Waals surface area contributed by atoms with E-state index in [9.17, 15) is 0 Å². The first-order valence-electron chi connectivity index (χ1n) is 9.12. The number of methoxy groups -OCH3 is 1. The van der Waals surface area contributed by atoms with Gasteiger partial charge in [-0.2, -0.15) is 0 Å². The number of morpholine rings is 1. The van der Waals surface area contributed by atoms with E-state index in [1.165, 1.54) is 0 Å². The van der Waals surface area contributed by atoms with Gasteiger partial charge in [0, 0.05) is 31.7 Å². The Morgan fingerprint density at radius 1 is 1.35 bits per heavy atom. The molecule has 0 spiro atoms. The van der Waals surface area contributed by atoms with Crippen molar-refractivity contribution >= 4 is 28.7 Å². The van der Waals surface area contributed by atoms with Crippen molar-refractivity contribution in [3.05, 3.63) is 12.1 Å². The van der Waals surface area contributed by atoms with Gasteiger partial charge in [0.2, 0.25) is 0 Å². The number of alkyl halides is 1. The summed E-state index contributed by atoms with van der Waals surface area (Å²) in [6.07, 6.45) is 2.10. The molecular formula is C18H30ClN5O2. The molecule has 0 bridgehead atoms. The fraction of sp³-hybridized carbons (Fsp3) is 0.667. The highest BCUT2D eigenvalue weighted by atomic mass is 35.5. The number of halogens is 1. The maximum absolute atomic E-state index is 6.37. The van der Waals surface area contributed by atoms with E-state index >= 15 is 0 Å². The van der Waals surface area contributed by atoms with Crippen LogP contribution in [0.2, 0.25) is 0 Å². The zero-order valence-corrected chi connectivity index (χ0v) is 16.6. The van der Waals surface area contributed by atoms with Crippen molar-refractivity contribution in [1.29, 1.82) is 0 Å². The summed E-state index contributed by atoms with van der Waals surface area (Å²) in [5.41, 5.74) is 8.84. The van der Waals surface area contributed by atoms with Crippen molar-refractivity contribution in [1.82, 2.24) is 10.2 Å². The molecule has 0 radical (unpaired) electrons. The minimum atomic E-state index is -0.167. The molecule has 4 N–H and O–H groups in total. The average Bonchev–Trinajstić information content (AvgIpc) is 2.64. The molecule has 0 aromatic heterocycles. The van der Waals surface area contributed by atoms with Crippen LogP contribution in [0.4, 0.5) is 17.1 Å². The van der Waals surface area contributed by atoms with Crippen LogP contribution in [0.25, 0.3) is 0 Å². The Morgan fingerprint density at radius 3 is 2.65 bits per heavy atom. The lowest BCUT2D eigenvalue weighted by Crippen LogP contribution is -2.46. The van der Waals surface area contributed by atoms with E-state index in [1.807, 2.05) is 12.1 Å². The van der Waals surface area contributed by atoms with E-state index in [0.29, 0.717) is 19.2 Å². The van der Waals surface area contributed by atoms with Crippen molar-refractivity contribution in [2.75, 3.05) is 63.4 Å². The molecular weight excluding hydrogens is 354 g/mol. The molecule has 2 heterocycles. The molecule has 0 amide bonds. The van der Waals surface area contributed by atoms with Crippen LogP contribution >= 0.6 is 11.6 Å². The third kappa shape index (κ3) is 4.46. The summed E-state index contributed by atoms with van der Waals surface area (Å²) in [5, 5.41) is 6.51. The lowest BCUT2D eigenvalue weighted by atomic mass is 10.0. The Kier molecular flexibility index (Phi) is 6.34. The molecule has 146 valence electrons. The van der Waals surface area contributed by atoms with Crippen LogP contribution in [0.3, 0.4) is 0 Å². The van der Waals surface area contributed by atoms with Crippen molar-refractivity contribution in [3.8, 4) is 5.75 Å². The molecule has 1 aromatic rings. The van der Waals surface area contributed by atoms with Gasteiger partial charge in [-0.05, 0) is 33.0 Å². The molecule has 2 aliphatic heterocycles. The number of ether oxygens (including phenoxy) is 2. The lowest BCUT2D eigenvalue weighted by molar-refractivity contribution is 0.0379. The first kappa shape index (κ1) is 19.4. The maximum Gasteiger partial charge on any atom is 0.144 e. The number of benzene rings is 1. The van der Waals surface area contributed by atoms with Crippen LogP contribution in [0.1, 0.15) is 12.8 Å². The smallest absolute Gasteiger partial charge is 0.144 e. The number of piperidine rings is 1. The first-order valence-corrected chi connectivity index (χ1v) is 9.56. The minimum Gasteiger partial charge on any atom is -0.495 e. The number of nitrogen functional groups attached to an aromatic ring is 1. The van der Waals surface area contributed by atoms with Gasteiger partial charge in [0.1, 0.15) is 17.5 Å². The van der Waals surface area contributed by atoms with E-state index < -0.39 is 0 Å². The Hall–Kier alpha value is -1.41. The molecule has 2 fully saturated rings. The van der Waals surface area contributed by atoms with Crippen LogP contribution in [-0.4, -0.2) is 70.1 Å². The van der Waals surface area contributed by atoms with Gasteiger partial charge in [0.25, 0.3) is 0 Å². The van der Waals surface area contributed by atoms with E-state index in [-0.39, 0.29) is 11.7 Å². The molecule has 3 rings (SSSR count). The summed E-state index contributed by atoms with van der Waals surface area (Å²) in [5.74, 6) is 0.764. The second kappa shape index (κ2) is 8.52. The molecule has 8 heteroatoms. The summed E-state index contributed by atoms with van der Waals surface area (Å²) >= 11 is 5.99. The molecule has 0 aliphatic carbocycles. The van der Waals surface area contributed by atoms with Gasteiger partial charge in [-0.25, -0.2) is 0 Å². The normalized spacial score (nSPS) is 24.7. The first-order chi connectivity index (χ1) is 12.5. The largest absolute Gasteiger partial charge is 0.495 e. The van der Waals surface area contributed by atoms with Crippen LogP contribution < -0.4 is 26.0 Å². The predicted molar refractivity (Wildman–Crippen MR) is 107 cm³/mol. The second-order valence-corrected chi connectivity index (χ2v) is 7.66. The molecule has 0 saturated carbocycles. The van der Waals surface area contributed by atoms with Gasteiger partial charge in [-0.3, -0.25) is 5.32 Å². The fourth-order valence-corrected chi connectivity index (χ4v) is 3.75. The summed E-state index contributed by atoms with van der Waals surface area (Å²) in [4.78, 5) is 4.65. The van der Waals surface area contributed by atoms with Gasteiger partial charge in [-0.1, -0.05) is 0 Å². The van der Waals surface area contributed by atoms with Crippen LogP contribution in [0.5, 0.6) is 5.75 Å². The van der Waals surface area contributed by atoms with E-state index in [1.54, 1.807) is 7.11 Å². The fourth-order valence-electron chi connectivity index (χ4n) is 3.58. The van der Waals surface area contributed by atoms with Crippen molar-refractivity contribution in [3.63, 3.8) is 0 Å². The third-order valence-corrected chi connectivity index (χ3v) is 5.45. The number of nitrogens with zero attached hydrogens (tertiary/aromatic N) is 2. The van der Waals surface area contributed by atoms with Crippen molar-refractivity contribution in [2.45, 2.75) is 30.6 Å². The Balaban J connectivity index is 1.71. The van der Waals surface area contributed by atoms with E-state index in [4.69, 9.17) is 26.8 Å². The Morgan fingerprint density at radius 2 is 2.08 bits per heavy atom. The van der Waals surface area contributed by atoms with Gasteiger partial charge in [0.15, 0.2) is 0 Å². The topological polar surface area (TPSA) is 75.0 Å². The van der Waals surface area contributed by atoms with E-state index in [0.717, 1.165) is 48.7 Å². The number of hydrogen-bond acceptors (Lipinski definition) is 7. The van der Waals surface area contributed by atoms with Gasteiger partial charge < -0.3 is 30.3 Å². The molecule has 1 aromatic carbocycles. The van der Waals surface area contributed by atoms with E-state index in [2.05, 4.69) is 34.5 Å². The predicted octanol–water partition coefficient (Wildman–Crippen LogP) is 1.73. The summed E-state index contributed by atoms with van der Waals surface area (Å²) < 4.78 is 11.3. The van der Waals surface area contributed by atoms with Gasteiger partial charge >= 0.3 is 0 Å². The number of hydrogen-bond donors (Lipinski definition) is 3. The van der Waals surface area contributed by atoms with Crippen molar-refractivity contribution in [2.24, 2.45) is 0 Å². The van der Waals surface area contributed by atoms with Crippen LogP contribution in [0, 0.1) is 0 Å². The molecule has 2 atom stereocenters. The molecule has 2 saturated heterocycles. The molecule has 2 unspecified atom stereocenters. The monoisotopic (exact) mass is 383 g/mol. The maximum atomic E-state index is 6.37. The Labute approximate surface area is 160 Å². The molecule has 2 aliphatic rings. The molecule has 7 nitrogen and oxygen atoms in total. The van der Waals surface area contributed by atoms with Crippen LogP contribution in [-0.2, 0) is 4.74 Å². The average molecular weight is 384 g/mol. The highest BCUT2D eigenvalue weighted by Crippen LogP contribution is 2.37. The SMILES string of the molecule is COc1cc(N2CCC(N(C)C)CC2)c(N)cc1NC1CNC(Cl)CO1. The second-order valence-electron chi connectivity index (χ2n) is 7.14. The van der Waals surface area contributed by atoms with Crippen molar-refractivity contribution < 1.29 is 9.47 Å². The zero-order chi connectivity index (χ0) is 18.7. The summed E-state index contributed by atoms with van der Waals surface area (Å²) in [7, 11) is 5.97. The number of nitrogens with one attached hydrogen (secondary N) is 2. The Bertz CT molecular complexity index is 599. The zero-order valence-electron chi connectivity index (χ0n) is 15.8. The third-order valence-electron chi connectivity index (χ3n) is 5.17. The molecule has 26 heavy (non-hydrogen) atoms.